The standard InChI is InChI=1S/C19H24N2O3/c1-14-11-21(12-15(2)24-14)13-17-7-5-16(6-8-17)10-20-19(22)18-4-3-9-23-18/h3-9,14-15H,10-13H2,1-2H3,(H,20,22)/t14-,15-/m1/s1. The lowest BCUT2D eigenvalue weighted by Crippen LogP contribution is -2.44. The highest BCUT2D eigenvalue weighted by atomic mass is 16.5. The third-order valence-electron chi connectivity index (χ3n) is 4.12. The van der Waals surface area contributed by atoms with Gasteiger partial charge in [-0.2, -0.15) is 0 Å². The molecule has 1 N–H and O–H groups in total. The van der Waals surface area contributed by atoms with E-state index in [1.165, 1.54) is 11.8 Å². The quantitative estimate of drug-likeness (QED) is 0.917. The van der Waals surface area contributed by atoms with Crippen LogP contribution in [0, 0.1) is 0 Å². The van der Waals surface area contributed by atoms with Crippen LogP contribution in [0.15, 0.2) is 47.1 Å². The summed E-state index contributed by atoms with van der Waals surface area (Å²) in [5.41, 5.74) is 2.35. The van der Waals surface area contributed by atoms with Crippen molar-refractivity contribution in [3.05, 3.63) is 59.5 Å². The molecule has 1 aromatic heterocycles. The van der Waals surface area contributed by atoms with Gasteiger partial charge in [-0.25, -0.2) is 0 Å². The molecule has 2 aromatic rings. The van der Waals surface area contributed by atoms with Gasteiger partial charge in [0.1, 0.15) is 0 Å². The number of furan rings is 1. The number of nitrogens with one attached hydrogen (secondary N) is 1. The predicted octanol–water partition coefficient (Wildman–Crippen LogP) is 2.82. The first-order valence-electron chi connectivity index (χ1n) is 8.37. The van der Waals surface area contributed by atoms with Crippen molar-refractivity contribution in [1.29, 1.82) is 0 Å². The number of benzene rings is 1. The third-order valence-corrected chi connectivity index (χ3v) is 4.12. The Bertz CT molecular complexity index is 642. The average Bonchev–Trinajstić information content (AvgIpc) is 3.07. The van der Waals surface area contributed by atoms with Crippen molar-refractivity contribution >= 4 is 5.91 Å². The van der Waals surface area contributed by atoms with Gasteiger partial charge in [0, 0.05) is 26.2 Å². The fraction of sp³-hybridized carbons (Fsp3) is 0.421. The normalized spacial score (nSPS) is 21.6. The number of hydrogen-bond donors (Lipinski definition) is 1. The van der Waals surface area contributed by atoms with Crippen LogP contribution in [-0.4, -0.2) is 36.1 Å². The fourth-order valence-corrected chi connectivity index (χ4v) is 3.11. The number of ether oxygens (including phenoxy) is 1. The molecule has 0 spiro atoms. The Labute approximate surface area is 142 Å². The van der Waals surface area contributed by atoms with E-state index in [9.17, 15) is 4.79 Å². The van der Waals surface area contributed by atoms with Gasteiger partial charge in [-0.15, -0.1) is 0 Å². The fourth-order valence-electron chi connectivity index (χ4n) is 3.11. The van der Waals surface area contributed by atoms with Gasteiger partial charge in [-0.1, -0.05) is 24.3 Å². The Morgan fingerprint density at radius 3 is 2.42 bits per heavy atom. The monoisotopic (exact) mass is 328 g/mol. The summed E-state index contributed by atoms with van der Waals surface area (Å²) in [5, 5.41) is 2.85. The number of amides is 1. The zero-order chi connectivity index (χ0) is 16.9. The minimum atomic E-state index is -0.194. The lowest BCUT2D eigenvalue weighted by molar-refractivity contribution is -0.0704. The van der Waals surface area contributed by atoms with Gasteiger partial charge in [0.05, 0.1) is 18.5 Å². The number of morpholine rings is 1. The van der Waals surface area contributed by atoms with Crippen LogP contribution >= 0.6 is 0 Å². The lowest BCUT2D eigenvalue weighted by atomic mass is 10.1. The van der Waals surface area contributed by atoms with E-state index < -0.39 is 0 Å². The maximum Gasteiger partial charge on any atom is 0.287 e. The number of nitrogens with zero attached hydrogens (tertiary/aromatic N) is 1. The maximum atomic E-state index is 11.8. The Kier molecular flexibility index (Phi) is 5.33. The van der Waals surface area contributed by atoms with Crippen molar-refractivity contribution in [3.63, 3.8) is 0 Å². The van der Waals surface area contributed by atoms with Crippen molar-refractivity contribution < 1.29 is 13.9 Å². The summed E-state index contributed by atoms with van der Waals surface area (Å²) in [6.07, 6.45) is 2.06. The first-order chi connectivity index (χ1) is 11.6. The molecule has 1 fully saturated rings. The van der Waals surface area contributed by atoms with E-state index in [0.717, 1.165) is 25.2 Å². The van der Waals surface area contributed by atoms with E-state index in [1.54, 1.807) is 12.1 Å². The SMILES string of the molecule is C[C@@H]1CN(Cc2ccc(CNC(=O)c3ccco3)cc2)C[C@@H](C)O1. The summed E-state index contributed by atoms with van der Waals surface area (Å²) in [6, 6.07) is 11.7. The van der Waals surface area contributed by atoms with Crippen LogP contribution in [0.1, 0.15) is 35.5 Å². The topological polar surface area (TPSA) is 54.7 Å². The molecule has 5 nitrogen and oxygen atoms in total. The predicted molar refractivity (Wildman–Crippen MR) is 91.6 cm³/mol. The number of rotatable bonds is 5. The van der Waals surface area contributed by atoms with Crippen molar-refractivity contribution in [2.24, 2.45) is 0 Å². The minimum absolute atomic E-state index is 0.194. The molecular weight excluding hydrogens is 304 g/mol. The van der Waals surface area contributed by atoms with Crippen LogP contribution in [0.2, 0.25) is 0 Å². The van der Waals surface area contributed by atoms with Crippen molar-refractivity contribution in [3.8, 4) is 0 Å². The van der Waals surface area contributed by atoms with E-state index in [2.05, 4.69) is 48.3 Å². The molecule has 1 aliphatic rings. The molecule has 0 aliphatic carbocycles. The van der Waals surface area contributed by atoms with Gasteiger partial charge in [0.15, 0.2) is 5.76 Å². The number of carbonyl (C=O) groups is 1. The highest BCUT2D eigenvalue weighted by Crippen LogP contribution is 2.15. The summed E-state index contributed by atoms with van der Waals surface area (Å²) in [4.78, 5) is 14.3. The molecule has 1 aliphatic heterocycles. The molecule has 0 bridgehead atoms. The first kappa shape index (κ1) is 16.7. The van der Waals surface area contributed by atoms with Crippen LogP contribution in [0.3, 0.4) is 0 Å². The molecule has 0 unspecified atom stereocenters. The second kappa shape index (κ2) is 7.64. The van der Waals surface area contributed by atoms with Gasteiger partial charge in [-0.05, 0) is 37.1 Å². The minimum Gasteiger partial charge on any atom is -0.459 e. The summed E-state index contributed by atoms with van der Waals surface area (Å²) < 4.78 is 10.8. The molecule has 5 heteroatoms. The largest absolute Gasteiger partial charge is 0.459 e. The highest BCUT2D eigenvalue weighted by molar-refractivity contribution is 5.91. The van der Waals surface area contributed by atoms with Crippen LogP contribution in [0.5, 0.6) is 0 Å². The second-order valence-corrected chi connectivity index (χ2v) is 6.43. The molecule has 1 amide bonds. The van der Waals surface area contributed by atoms with Crippen LogP contribution in [0.4, 0.5) is 0 Å². The summed E-state index contributed by atoms with van der Waals surface area (Å²) in [7, 11) is 0. The molecule has 128 valence electrons. The Morgan fingerprint density at radius 2 is 1.79 bits per heavy atom. The van der Waals surface area contributed by atoms with Crippen LogP contribution in [0.25, 0.3) is 0 Å². The lowest BCUT2D eigenvalue weighted by Gasteiger charge is -2.35. The summed E-state index contributed by atoms with van der Waals surface area (Å²) >= 11 is 0. The van der Waals surface area contributed by atoms with Gasteiger partial charge in [0.2, 0.25) is 0 Å². The smallest absolute Gasteiger partial charge is 0.287 e. The molecule has 24 heavy (non-hydrogen) atoms. The second-order valence-electron chi connectivity index (χ2n) is 6.43. The van der Waals surface area contributed by atoms with Crippen molar-refractivity contribution in [2.45, 2.75) is 39.1 Å². The number of carbonyl (C=O) groups excluding carboxylic acids is 1. The molecule has 1 aromatic carbocycles. The van der Waals surface area contributed by atoms with Gasteiger partial charge in [0.25, 0.3) is 5.91 Å². The van der Waals surface area contributed by atoms with E-state index >= 15 is 0 Å². The molecule has 0 saturated carbocycles. The molecule has 2 atom stereocenters. The molecule has 3 rings (SSSR count). The highest BCUT2D eigenvalue weighted by Gasteiger charge is 2.21. The van der Waals surface area contributed by atoms with Crippen LogP contribution in [-0.2, 0) is 17.8 Å². The Balaban J connectivity index is 1.51. The summed E-state index contributed by atoms with van der Waals surface area (Å²) in [5.74, 6) is 0.141. The zero-order valence-electron chi connectivity index (χ0n) is 14.2. The Morgan fingerprint density at radius 1 is 1.12 bits per heavy atom. The van der Waals surface area contributed by atoms with E-state index in [0.29, 0.717) is 12.3 Å². The van der Waals surface area contributed by atoms with Crippen molar-refractivity contribution in [2.75, 3.05) is 13.1 Å². The van der Waals surface area contributed by atoms with E-state index in [1.807, 2.05) is 0 Å². The summed E-state index contributed by atoms with van der Waals surface area (Å²) in [6.45, 7) is 7.58. The average molecular weight is 328 g/mol. The van der Waals surface area contributed by atoms with Crippen LogP contribution < -0.4 is 5.32 Å². The first-order valence-corrected chi connectivity index (χ1v) is 8.37. The van der Waals surface area contributed by atoms with E-state index in [-0.39, 0.29) is 18.1 Å². The molecule has 0 radical (unpaired) electrons. The van der Waals surface area contributed by atoms with Gasteiger partial charge < -0.3 is 14.5 Å². The van der Waals surface area contributed by atoms with Gasteiger partial charge >= 0.3 is 0 Å². The van der Waals surface area contributed by atoms with E-state index in [4.69, 9.17) is 9.15 Å². The molecule has 2 heterocycles. The molecule has 1 saturated heterocycles. The number of hydrogen-bond acceptors (Lipinski definition) is 4. The maximum absolute atomic E-state index is 11.8. The van der Waals surface area contributed by atoms with Gasteiger partial charge in [-0.3, -0.25) is 9.69 Å². The Hall–Kier alpha value is -2.11. The third kappa shape index (κ3) is 4.46. The zero-order valence-corrected chi connectivity index (χ0v) is 14.2. The van der Waals surface area contributed by atoms with Crippen molar-refractivity contribution in [1.82, 2.24) is 10.2 Å². The molecular formula is C19H24N2O3.